The normalized spacial score (nSPS) is 22.9. The maximum Gasteiger partial charge on any atom is 0.156 e. The fourth-order valence-electron chi connectivity index (χ4n) is 1.49. The van der Waals surface area contributed by atoms with Crippen molar-refractivity contribution in [2.24, 2.45) is 0 Å². The number of ether oxygens (including phenoxy) is 1. The Bertz CT molecular complexity index is 253. The average Bonchev–Trinajstić information content (AvgIpc) is 2.75. The van der Waals surface area contributed by atoms with Crippen LogP contribution in [0.3, 0.4) is 0 Å². The number of nitrogens with one attached hydrogen (secondary N) is 1. The van der Waals surface area contributed by atoms with Crippen molar-refractivity contribution in [3.05, 3.63) is 12.4 Å². The van der Waals surface area contributed by atoms with Gasteiger partial charge in [-0.15, -0.1) is 0 Å². The first kappa shape index (κ1) is 7.61. The molecular formula is C8H13N3O. The summed E-state index contributed by atoms with van der Waals surface area (Å²) >= 11 is 0. The molecule has 0 aliphatic carbocycles. The quantitative estimate of drug-likeness (QED) is 0.694. The second-order valence-electron chi connectivity index (χ2n) is 3.01. The van der Waals surface area contributed by atoms with Crippen molar-refractivity contribution >= 4 is 0 Å². The molecule has 0 radical (unpaired) electrons. The number of aromatic nitrogens is 2. The summed E-state index contributed by atoms with van der Waals surface area (Å²) < 4.78 is 7.02. The monoisotopic (exact) mass is 167 g/mol. The molecule has 0 amide bonds. The highest BCUT2D eigenvalue weighted by atomic mass is 16.5. The van der Waals surface area contributed by atoms with Crippen molar-refractivity contribution in [1.82, 2.24) is 15.1 Å². The van der Waals surface area contributed by atoms with Crippen molar-refractivity contribution in [2.75, 3.05) is 20.2 Å². The van der Waals surface area contributed by atoms with Gasteiger partial charge in [-0.25, -0.2) is 0 Å². The minimum absolute atomic E-state index is 0.508. The summed E-state index contributed by atoms with van der Waals surface area (Å²) in [5.74, 6) is 0.835. The summed E-state index contributed by atoms with van der Waals surface area (Å²) in [4.78, 5) is 0. The minimum atomic E-state index is 0.508. The van der Waals surface area contributed by atoms with E-state index in [0.717, 1.165) is 25.3 Å². The molecule has 1 fully saturated rings. The van der Waals surface area contributed by atoms with Gasteiger partial charge < -0.3 is 10.1 Å². The molecule has 1 N–H and O–H groups in total. The summed E-state index contributed by atoms with van der Waals surface area (Å²) in [5, 5.41) is 7.52. The van der Waals surface area contributed by atoms with Gasteiger partial charge in [0.2, 0.25) is 0 Å². The van der Waals surface area contributed by atoms with Crippen LogP contribution in [0.15, 0.2) is 12.4 Å². The van der Waals surface area contributed by atoms with E-state index < -0.39 is 0 Å². The van der Waals surface area contributed by atoms with E-state index in [-0.39, 0.29) is 0 Å². The Kier molecular flexibility index (Phi) is 1.99. The number of hydrogen-bond donors (Lipinski definition) is 1. The number of hydrogen-bond acceptors (Lipinski definition) is 3. The van der Waals surface area contributed by atoms with E-state index in [9.17, 15) is 0 Å². The molecule has 0 spiro atoms. The van der Waals surface area contributed by atoms with Crippen LogP contribution in [0.25, 0.3) is 0 Å². The Labute approximate surface area is 71.5 Å². The van der Waals surface area contributed by atoms with Gasteiger partial charge in [0.15, 0.2) is 5.75 Å². The van der Waals surface area contributed by atoms with Crippen molar-refractivity contribution in [1.29, 1.82) is 0 Å². The second-order valence-corrected chi connectivity index (χ2v) is 3.01. The van der Waals surface area contributed by atoms with Gasteiger partial charge in [0.1, 0.15) is 0 Å². The Morgan fingerprint density at radius 1 is 1.75 bits per heavy atom. The van der Waals surface area contributed by atoms with Crippen LogP contribution in [-0.2, 0) is 0 Å². The maximum absolute atomic E-state index is 5.05. The molecule has 1 saturated heterocycles. The third kappa shape index (κ3) is 1.30. The van der Waals surface area contributed by atoms with Crippen molar-refractivity contribution in [2.45, 2.75) is 12.5 Å². The maximum atomic E-state index is 5.05. The summed E-state index contributed by atoms with van der Waals surface area (Å²) in [7, 11) is 1.66. The number of rotatable bonds is 2. The molecule has 1 atom stereocenters. The van der Waals surface area contributed by atoms with E-state index in [2.05, 4.69) is 10.4 Å². The largest absolute Gasteiger partial charge is 0.493 e. The minimum Gasteiger partial charge on any atom is -0.493 e. The van der Waals surface area contributed by atoms with E-state index >= 15 is 0 Å². The standard InChI is InChI=1S/C8H13N3O/c1-12-8-5-10-11(6-8)7-2-3-9-4-7/h5-7,9H,2-4H2,1H3. The lowest BCUT2D eigenvalue weighted by Gasteiger charge is -2.07. The lowest BCUT2D eigenvalue weighted by atomic mass is 10.3. The average molecular weight is 167 g/mol. The topological polar surface area (TPSA) is 39.1 Å². The molecule has 0 bridgehead atoms. The summed E-state index contributed by atoms with van der Waals surface area (Å²) in [6.45, 7) is 2.11. The Morgan fingerprint density at radius 3 is 3.25 bits per heavy atom. The molecule has 0 saturated carbocycles. The molecule has 4 nitrogen and oxygen atoms in total. The van der Waals surface area contributed by atoms with Gasteiger partial charge in [0.05, 0.1) is 25.5 Å². The molecular weight excluding hydrogens is 154 g/mol. The molecule has 0 aromatic carbocycles. The predicted octanol–water partition coefficient (Wildman–Crippen LogP) is 0.426. The van der Waals surface area contributed by atoms with Crippen LogP contribution in [0.5, 0.6) is 5.75 Å². The summed E-state index contributed by atoms with van der Waals surface area (Å²) in [6.07, 6.45) is 4.85. The molecule has 1 aliphatic heterocycles. The second kappa shape index (κ2) is 3.15. The number of nitrogens with zero attached hydrogens (tertiary/aromatic N) is 2. The van der Waals surface area contributed by atoms with Gasteiger partial charge in [-0.1, -0.05) is 0 Å². The lowest BCUT2D eigenvalue weighted by molar-refractivity contribution is 0.411. The Morgan fingerprint density at radius 2 is 2.67 bits per heavy atom. The third-order valence-corrected chi connectivity index (χ3v) is 2.22. The molecule has 12 heavy (non-hydrogen) atoms. The van der Waals surface area contributed by atoms with E-state index in [1.165, 1.54) is 0 Å². The highest BCUT2D eigenvalue weighted by Crippen LogP contribution is 2.17. The van der Waals surface area contributed by atoms with Crippen molar-refractivity contribution in [3.63, 3.8) is 0 Å². The van der Waals surface area contributed by atoms with Gasteiger partial charge >= 0.3 is 0 Å². The van der Waals surface area contributed by atoms with Gasteiger partial charge in [-0.05, 0) is 13.0 Å². The molecule has 4 heteroatoms. The predicted molar refractivity (Wildman–Crippen MR) is 45.3 cm³/mol. The molecule has 1 unspecified atom stereocenters. The highest BCUT2D eigenvalue weighted by molar-refractivity contribution is 5.11. The molecule has 1 aromatic heterocycles. The first-order valence-corrected chi connectivity index (χ1v) is 4.19. The van der Waals surface area contributed by atoms with E-state index in [1.54, 1.807) is 13.3 Å². The van der Waals surface area contributed by atoms with Crippen LogP contribution in [0.2, 0.25) is 0 Å². The smallest absolute Gasteiger partial charge is 0.156 e. The molecule has 2 heterocycles. The Hall–Kier alpha value is -1.03. The molecule has 1 aliphatic rings. The van der Waals surface area contributed by atoms with Gasteiger partial charge in [-0.3, -0.25) is 4.68 Å². The third-order valence-electron chi connectivity index (χ3n) is 2.22. The van der Waals surface area contributed by atoms with Gasteiger partial charge in [0, 0.05) is 6.54 Å². The van der Waals surface area contributed by atoms with Crippen molar-refractivity contribution < 1.29 is 4.74 Å². The summed E-state index contributed by atoms with van der Waals surface area (Å²) in [5.41, 5.74) is 0. The van der Waals surface area contributed by atoms with E-state index in [0.29, 0.717) is 6.04 Å². The van der Waals surface area contributed by atoms with E-state index in [1.807, 2.05) is 10.9 Å². The first-order chi connectivity index (χ1) is 5.90. The van der Waals surface area contributed by atoms with Crippen LogP contribution in [0.1, 0.15) is 12.5 Å². The van der Waals surface area contributed by atoms with Crippen LogP contribution in [-0.4, -0.2) is 30.0 Å². The zero-order valence-corrected chi connectivity index (χ0v) is 7.16. The lowest BCUT2D eigenvalue weighted by Crippen LogP contribution is -2.13. The first-order valence-electron chi connectivity index (χ1n) is 4.19. The number of methoxy groups -OCH3 is 1. The summed E-state index contributed by atoms with van der Waals surface area (Å²) in [6, 6.07) is 0.508. The highest BCUT2D eigenvalue weighted by Gasteiger charge is 2.16. The van der Waals surface area contributed by atoms with Crippen molar-refractivity contribution in [3.8, 4) is 5.75 Å². The zero-order chi connectivity index (χ0) is 8.39. The van der Waals surface area contributed by atoms with E-state index in [4.69, 9.17) is 4.74 Å². The van der Waals surface area contributed by atoms with Crippen LogP contribution in [0, 0.1) is 0 Å². The SMILES string of the molecule is COc1cnn(C2CCNC2)c1. The van der Waals surface area contributed by atoms with Crippen LogP contribution >= 0.6 is 0 Å². The molecule has 2 rings (SSSR count). The van der Waals surface area contributed by atoms with Gasteiger partial charge in [-0.2, -0.15) is 5.10 Å². The van der Waals surface area contributed by atoms with Crippen LogP contribution < -0.4 is 10.1 Å². The van der Waals surface area contributed by atoms with Gasteiger partial charge in [0.25, 0.3) is 0 Å². The zero-order valence-electron chi connectivity index (χ0n) is 7.16. The fraction of sp³-hybridized carbons (Fsp3) is 0.625. The Balaban J connectivity index is 2.11. The fourth-order valence-corrected chi connectivity index (χ4v) is 1.49. The van der Waals surface area contributed by atoms with Crippen LogP contribution in [0.4, 0.5) is 0 Å². The molecule has 66 valence electrons. The molecule has 1 aromatic rings.